The van der Waals surface area contributed by atoms with E-state index in [0.717, 1.165) is 11.1 Å². The average molecular weight is 480 g/mol. The van der Waals surface area contributed by atoms with Crippen LogP contribution in [0, 0.1) is 0 Å². The predicted molar refractivity (Wildman–Crippen MR) is 133 cm³/mol. The van der Waals surface area contributed by atoms with E-state index in [1.165, 1.54) is 0 Å². The summed E-state index contributed by atoms with van der Waals surface area (Å²) in [6.07, 6.45) is 2.37. The molecule has 2 amide bonds. The van der Waals surface area contributed by atoms with Crippen molar-refractivity contribution >= 4 is 28.6 Å². The lowest BCUT2D eigenvalue weighted by Crippen LogP contribution is -2.34. The van der Waals surface area contributed by atoms with Gasteiger partial charge in [0, 0.05) is 23.8 Å². The first-order valence-corrected chi connectivity index (χ1v) is 11.4. The summed E-state index contributed by atoms with van der Waals surface area (Å²) in [6, 6.07) is 7.12. The molecule has 0 fully saturated rings. The Bertz CT molecular complexity index is 1330. The van der Waals surface area contributed by atoms with Gasteiger partial charge in [-0.05, 0) is 56.2 Å². The number of anilines is 2. The highest BCUT2D eigenvalue weighted by atomic mass is 16.6. The quantitative estimate of drug-likeness (QED) is 0.263. The van der Waals surface area contributed by atoms with Crippen LogP contribution in [0.2, 0.25) is 0 Å². The van der Waals surface area contributed by atoms with Crippen LogP contribution in [0.4, 0.5) is 16.3 Å². The third kappa shape index (κ3) is 5.01. The molecule has 4 aromatic rings. The Balaban J connectivity index is 1.84. The molecule has 0 aliphatic heterocycles. The number of aryl methyl sites for hydroxylation is 1. The van der Waals surface area contributed by atoms with Gasteiger partial charge in [0.1, 0.15) is 11.0 Å². The molecule has 184 valence electrons. The molecule has 0 aliphatic carbocycles. The summed E-state index contributed by atoms with van der Waals surface area (Å²) in [5.41, 5.74) is 15.3. The molecule has 0 saturated heterocycles. The second-order valence-electron chi connectivity index (χ2n) is 8.17. The van der Waals surface area contributed by atoms with Gasteiger partial charge in [-0.25, -0.2) is 19.4 Å². The van der Waals surface area contributed by atoms with Gasteiger partial charge in [0.25, 0.3) is 0 Å². The van der Waals surface area contributed by atoms with Gasteiger partial charge in [0.05, 0.1) is 18.5 Å². The molecule has 0 bridgehead atoms. The zero-order valence-corrected chi connectivity index (χ0v) is 19.9. The van der Waals surface area contributed by atoms with Crippen LogP contribution in [0.15, 0.2) is 35.1 Å². The zero-order chi connectivity index (χ0) is 24.9. The number of hydrogen-bond acceptors (Lipinski definition) is 9. The maximum Gasteiger partial charge on any atom is 0.319 e. The topological polar surface area (TPSA) is 172 Å². The van der Waals surface area contributed by atoms with Crippen molar-refractivity contribution in [1.82, 2.24) is 30.2 Å². The number of ether oxygens (including phenoxy) is 1. The molecule has 0 saturated carbocycles. The maximum atomic E-state index is 12.2. The van der Waals surface area contributed by atoms with Crippen LogP contribution in [0.3, 0.4) is 0 Å². The summed E-state index contributed by atoms with van der Waals surface area (Å²) in [7, 11) is 0. The highest BCUT2D eigenvalue weighted by Crippen LogP contribution is 2.37. The smallest absolute Gasteiger partial charge is 0.319 e. The molecule has 6 N–H and O–H groups in total. The van der Waals surface area contributed by atoms with Gasteiger partial charge >= 0.3 is 6.03 Å². The minimum atomic E-state index is -0.287. The molecule has 12 heteroatoms. The van der Waals surface area contributed by atoms with Gasteiger partial charge in [-0.3, -0.25) is 0 Å². The number of carbonyl (C=O) groups excluding carboxylic acids is 1. The van der Waals surface area contributed by atoms with Gasteiger partial charge in [0.2, 0.25) is 0 Å². The van der Waals surface area contributed by atoms with E-state index in [1.54, 1.807) is 6.20 Å². The Labute approximate surface area is 202 Å². The second kappa shape index (κ2) is 10.4. The van der Waals surface area contributed by atoms with Crippen molar-refractivity contribution in [2.75, 3.05) is 24.2 Å². The fourth-order valence-electron chi connectivity index (χ4n) is 3.71. The summed E-state index contributed by atoms with van der Waals surface area (Å²) >= 11 is 0. The highest BCUT2D eigenvalue weighted by molar-refractivity contribution is 5.97. The summed E-state index contributed by atoms with van der Waals surface area (Å²) in [6.45, 7) is 7.29. The van der Waals surface area contributed by atoms with Gasteiger partial charge in [-0.15, -0.1) is 0 Å². The summed E-state index contributed by atoms with van der Waals surface area (Å²) in [5, 5.41) is 13.3. The normalized spacial score (nSPS) is 11.2. The van der Waals surface area contributed by atoms with Crippen LogP contribution < -0.4 is 26.8 Å². The number of nitrogens with two attached hydrogens (primary N) is 2. The van der Waals surface area contributed by atoms with Crippen LogP contribution in [-0.2, 0) is 6.54 Å². The van der Waals surface area contributed by atoms with E-state index in [0.29, 0.717) is 60.3 Å². The van der Waals surface area contributed by atoms with Crippen molar-refractivity contribution in [3.63, 3.8) is 0 Å². The van der Waals surface area contributed by atoms with E-state index in [9.17, 15) is 4.79 Å². The Hall–Kier alpha value is -4.19. The number of amides is 2. The molecular formula is C23H29N9O3. The van der Waals surface area contributed by atoms with Gasteiger partial charge < -0.3 is 31.4 Å². The fraction of sp³-hybridized carbons (Fsp3) is 0.348. The first-order valence-electron chi connectivity index (χ1n) is 11.4. The van der Waals surface area contributed by atoms with E-state index in [2.05, 4.69) is 25.9 Å². The van der Waals surface area contributed by atoms with Crippen molar-refractivity contribution in [3.8, 4) is 28.5 Å². The number of pyridine rings is 1. The molecule has 0 atom stereocenters. The SMILES string of the molecule is CCn1c(-c2nonc2N)nc2c(-c3cccc(NC(=O)NC(C)C)c3)ncc(OCCCN)c21. The monoisotopic (exact) mass is 479 g/mol. The van der Waals surface area contributed by atoms with Gasteiger partial charge in [0.15, 0.2) is 23.1 Å². The molecule has 1 aromatic carbocycles. The minimum Gasteiger partial charge on any atom is -0.490 e. The number of hydrogen-bond donors (Lipinski definition) is 4. The highest BCUT2D eigenvalue weighted by Gasteiger charge is 2.24. The van der Waals surface area contributed by atoms with Crippen LogP contribution in [0.5, 0.6) is 5.75 Å². The second-order valence-corrected chi connectivity index (χ2v) is 8.17. The van der Waals surface area contributed by atoms with E-state index < -0.39 is 0 Å². The number of nitrogens with one attached hydrogen (secondary N) is 2. The van der Waals surface area contributed by atoms with Crippen LogP contribution >= 0.6 is 0 Å². The average Bonchev–Trinajstić information content (AvgIpc) is 3.42. The number of nitrogen functional groups attached to an aromatic ring is 1. The van der Waals surface area contributed by atoms with Gasteiger partial charge in [-0.2, -0.15) is 0 Å². The van der Waals surface area contributed by atoms with E-state index in [-0.39, 0.29) is 17.9 Å². The van der Waals surface area contributed by atoms with E-state index >= 15 is 0 Å². The van der Waals surface area contributed by atoms with Gasteiger partial charge in [-0.1, -0.05) is 12.1 Å². The standard InChI is InChI=1S/C23H29N9O3/c1-4-32-20-16(34-10-6-9-24)12-26-17(18(20)29-22(32)19-21(25)31-35-30-19)14-7-5-8-15(11-14)28-23(33)27-13(2)3/h5,7-8,11-13H,4,6,9-10,24H2,1-3H3,(H2,25,31)(H2,27,28,33). The van der Waals surface area contributed by atoms with E-state index in [1.807, 2.05) is 49.6 Å². The van der Waals surface area contributed by atoms with E-state index in [4.69, 9.17) is 25.8 Å². The molecule has 0 spiro atoms. The number of benzene rings is 1. The number of aromatic nitrogens is 5. The molecule has 12 nitrogen and oxygen atoms in total. The number of fused-ring (bicyclic) bond motifs is 1. The Kier molecular flexibility index (Phi) is 7.11. The Morgan fingerprint density at radius 3 is 2.77 bits per heavy atom. The number of carbonyl (C=O) groups is 1. The summed E-state index contributed by atoms with van der Waals surface area (Å²) in [5.74, 6) is 1.20. The predicted octanol–water partition coefficient (Wildman–Crippen LogP) is 3.01. The molecule has 35 heavy (non-hydrogen) atoms. The molecule has 0 unspecified atom stereocenters. The van der Waals surface area contributed by atoms with Crippen molar-refractivity contribution in [2.45, 2.75) is 39.8 Å². The van der Waals surface area contributed by atoms with Crippen molar-refractivity contribution < 1.29 is 14.2 Å². The third-order valence-electron chi connectivity index (χ3n) is 5.20. The van der Waals surface area contributed by atoms with Crippen LogP contribution in [-0.4, -0.2) is 50.1 Å². The molecular weight excluding hydrogens is 450 g/mol. The third-order valence-corrected chi connectivity index (χ3v) is 5.20. The lowest BCUT2D eigenvalue weighted by atomic mass is 10.1. The molecule has 0 radical (unpaired) electrons. The first kappa shape index (κ1) is 24.0. The maximum absolute atomic E-state index is 12.2. The summed E-state index contributed by atoms with van der Waals surface area (Å²) < 4.78 is 12.8. The Morgan fingerprint density at radius 1 is 1.26 bits per heavy atom. The lowest BCUT2D eigenvalue weighted by molar-refractivity contribution is 0.250. The largest absolute Gasteiger partial charge is 0.490 e. The summed E-state index contributed by atoms with van der Waals surface area (Å²) in [4.78, 5) is 21.7. The number of imidazole rings is 1. The number of rotatable bonds is 9. The Morgan fingerprint density at radius 2 is 2.09 bits per heavy atom. The number of nitrogens with zero attached hydrogens (tertiary/aromatic N) is 5. The number of urea groups is 1. The van der Waals surface area contributed by atoms with Crippen LogP contribution in [0.1, 0.15) is 27.2 Å². The molecule has 0 aliphatic rings. The molecule has 4 rings (SSSR count). The first-order chi connectivity index (χ1) is 16.9. The fourth-order valence-corrected chi connectivity index (χ4v) is 3.71. The van der Waals surface area contributed by atoms with Crippen molar-refractivity contribution in [3.05, 3.63) is 30.5 Å². The van der Waals surface area contributed by atoms with Crippen molar-refractivity contribution in [1.29, 1.82) is 0 Å². The zero-order valence-electron chi connectivity index (χ0n) is 19.9. The van der Waals surface area contributed by atoms with Crippen molar-refractivity contribution in [2.24, 2.45) is 5.73 Å². The lowest BCUT2D eigenvalue weighted by Gasteiger charge is -2.13. The molecule has 3 heterocycles. The minimum absolute atomic E-state index is 0.0150. The molecule has 3 aromatic heterocycles. The van der Waals surface area contributed by atoms with Crippen LogP contribution in [0.25, 0.3) is 33.8 Å².